The van der Waals surface area contributed by atoms with Crippen molar-refractivity contribution >= 4 is 0 Å². The molecule has 2 heterocycles. The van der Waals surface area contributed by atoms with Gasteiger partial charge in [-0.3, -0.25) is 0 Å². The van der Waals surface area contributed by atoms with Crippen LogP contribution < -0.4 is 5.32 Å². The number of piperidine rings is 1. The SMILES string of the molecule is FC1(Cc2ccc3c(c2)CCC3)CC2CCC(C1)N2. The molecule has 1 nitrogen and oxygen atoms in total. The molecule has 2 unspecified atom stereocenters. The second-order valence-corrected chi connectivity index (χ2v) is 6.83. The Labute approximate surface area is 114 Å². The monoisotopic (exact) mass is 259 g/mol. The van der Waals surface area contributed by atoms with E-state index in [4.69, 9.17) is 0 Å². The summed E-state index contributed by atoms with van der Waals surface area (Å²) in [4.78, 5) is 0. The molecule has 19 heavy (non-hydrogen) atoms. The van der Waals surface area contributed by atoms with Gasteiger partial charge in [-0.05, 0) is 61.6 Å². The lowest BCUT2D eigenvalue weighted by Crippen LogP contribution is -2.47. The highest BCUT2D eigenvalue weighted by atomic mass is 19.1. The molecule has 1 N–H and O–H groups in total. The largest absolute Gasteiger partial charge is 0.311 e. The van der Waals surface area contributed by atoms with Crippen molar-refractivity contribution in [2.45, 2.75) is 69.1 Å². The van der Waals surface area contributed by atoms with Crippen molar-refractivity contribution in [1.29, 1.82) is 0 Å². The molecule has 0 amide bonds. The highest BCUT2D eigenvalue weighted by molar-refractivity contribution is 5.36. The molecule has 102 valence electrons. The summed E-state index contributed by atoms with van der Waals surface area (Å²) in [5.41, 5.74) is 3.20. The van der Waals surface area contributed by atoms with Crippen LogP contribution in [0, 0.1) is 0 Å². The van der Waals surface area contributed by atoms with Crippen LogP contribution in [-0.2, 0) is 19.3 Å². The number of aryl methyl sites for hydroxylation is 2. The molecule has 0 aromatic heterocycles. The van der Waals surface area contributed by atoms with Crippen molar-refractivity contribution in [1.82, 2.24) is 5.32 Å². The molecule has 2 atom stereocenters. The van der Waals surface area contributed by atoms with Gasteiger partial charge in [-0.2, -0.15) is 0 Å². The molecule has 2 saturated heterocycles. The van der Waals surface area contributed by atoms with Gasteiger partial charge in [-0.25, -0.2) is 4.39 Å². The summed E-state index contributed by atoms with van der Waals surface area (Å²) in [6, 6.07) is 7.52. The zero-order valence-corrected chi connectivity index (χ0v) is 11.4. The lowest BCUT2D eigenvalue weighted by Gasteiger charge is -2.35. The van der Waals surface area contributed by atoms with Crippen LogP contribution in [0.1, 0.15) is 48.8 Å². The minimum Gasteiger partial charge on any atom is -0.311 e. The van der Waals surface area contributed by atoms with Crippen LogP contribution in [0.3, 0.4) is 0 Å². The van der Waals surface area contributed by atoms with Crippen LogP contribution in [0.4, 0.5) is 4.39 Å². The summed E-state index contributed by atoms with van der Waals surface area (Å²) < 4.78 is 15.1. The van der Waals surface area contributed by atoms with Crippen LogP contribution in [0.5, 0.6) is 0 Å². The van der Waals surface area contributed by atoms with E-state index in [1.54, 1.807) is 0 Å². The van der Waals surface area contributed by atoms with Crippen molar-refractivity contribution in [2.24, 2.45) is 0 Å². The number of hydrogen-bond acceptors (Lipinski definition) is 1. The molecule has 4 rings (SSSR count). The summed E-state index contributed by atoms with van der Waals surface area (Å²) in [6.07, 6.45) is 8.05. The molecule has 3 aliphatic rings. The van der Waals surface area contributed by atoms with Gasteiger partial charge in [-0.1, -0.05) is 18.2 Å². The van der Waals surface area contributed by atoms with E-state index in [9.17, 15) is 0 Å². The number of halogens is 1. The maximum atomic E-state index is 15.1. The fraction of sp³-hybridized carbons (Fsp3) is 0.647. The summed E-state index contributed by atoms with van der Waals surface area (Å²) >= 11 is 0. The highest BCUT2D eigenvalue weighted by Gasteiger charge is 2.43. The minimum atomic E-state index is -0.968. The lowest BCUT2D eigenvalue weighted by molar-refractivity contribution is 0.0893. The van der Waals surface area contributed by atoms with E-state index in [-0.39, 0.29) is 0 Å². The third-order valence-electron chi connectivity index (χ3n) is 5.24. The Morgan fingerprint density at radius 1 is 1.11 bits per heavy atom. The van der Waals surface area contributed by atoms with Crippen LogP contribution in [0.2, 0.25) is 0 Å². The third kappa shape index (κ3) is 2.20. The predicted molar refractivity (Wildman–Crippen MR) is 75.2 cm³/mol. The molecule has 0 saturated carbocycles. The normalized spacial score (nSPS) is 36.5. The Hall–Kier alpha value is -0.890. The first-order chi connectivity index (χ1) is 9.20. The number of fused-ring (bicyclic) bond motifs is 3. The second kappa shape index (κ2) is 4.31. The van der Waals surface area contributed by atoms with E-state index in [0.29, 0.717) is 31.3 Å². The standard InChI is InChI=1S/C17H22FN/c18-17(10-15-6-7-16(11-17)19-15)9-12-4-5-13-2-1-3-14(13)8-12/h4-5,8,15-16,19H,1-3,6-7,9-11H2. The Balaban J connectivity index is 1.54. The smallest absolute Gasteiger partial charge is 0.118 e. The Morgan fingerprint density at radius 3 is 2.63 bits per heavy atom. The molecule has 2 aliphatic heterocycles. The molecule has 2 bridgehead atoms. The lowest BCUT2D eigenvalue weighted by atomic mass is 9.83. The summed E-state index contributed by atoms with van der Waals surface area (Å²) in [5, 5.41) is 3.53. The van der Waals surface area contributed by atoms with E-state index < -0.39 is 5.67 Å². The van der Waals surface area contributed by atoms with Crippen LogP contribution in [-0.4, -0.2) is 17.8 Å². The first-order valence-corrected chi connectivity index (χ1v) is 7.76. The van der Waals surface area contributed by atoms with Gasteiger partial charge in [0.2, 0.25) is 0 Å². The zero-order valence-electron chi connectivity index (χ0n) is 11.4. The van der Waals surface area contributed by atoms with Crippen LogP contribution >= 0.6 is 0 Å². The Bertz CT molecular complexity index is 484. The predicted octanol–water partition coefficient (Wildman–Crippen LogP) is 3.34. The average Bonchev–Trinajstić information content (AvgIpc) is 2.95. The number of hydrogen-bond donors (Lipinski definition) is 1. The van der Waals surface area contributed by atoms with Crippen molar-refractivity contribution in [3.63, 3.8) is 0 Å². The molecule has 0 spiro atoms. The average molecular weight is 259 g/mol. The Morgan fingerprint density at radius 2 is 1.84 bits per heavy atom. The molecule has 2 heteroatoms. The van der Waals surface area contributed by atoms with Crippen molar-refractivity contribution in [3.8, 4) is 0 Å². The first-order valence-electron chi connectivity index (χ1n) is 7.76. The third-order valence-corrected chi connectivity index (χ3v) is 5.24. The van der Waals surface area contributed by atoms with Gasteiger partial charge in [0.1, 0.15) is 5.67 Å². The number of benzene rings is 1. The molecule has 1 aromatic carbocycles. The fourth-order valence-corrected chi connectivity index (χ4v) is 4.44. The van der Waals surface area contributed by atoms with Gasteiger partial charge < -0.3 is 5.32 Å². The second-order valence-electron chi connectivity index (χ2n) is 6.83. The maximum Gasteiger partial charge on any atom is 0.118 e. The van der Waals surface area contributed by atoms with Gasteiger partial charge in [-0.15, -0.1) is 0 Å². The Kier molecular flexibility index (Phi) is 2.70. The summed E-state index contributed by atoms with van der Waals surface area (Å²) in [7, 11) is 0. The quantitative estimate of drug-likeness (QED) is 0.859. The summed E-state index contributed by atoms with van der Waals surface area (Å²) in [5.74, 6) is 0. The van der Waals surface area contributed by atoms with E-state index >= 15 is 4.39 Å². The van der Waals surface area contributed by atoms with Crippen molar-refractivity contribution in [2.75, 3.05) is 0 Å². The molecule has 1 aromatic rings. The van der Waals surface area contributed by atoms with Gasteiger partial charge >= 0.3 is 0 Å². The topological polar surface area (TPSA) is 12.0 Å². The molecule has 0 radical (unpaired) electrons. The van der Waals surface area contributed by atoms with Gasteiger partial charge in [0.05, 0.1) is 0 Å². The van der Waals surface area contributed by atoms with Gasteiger partial charge in [0.15, 0.2) is 0 Å². The van der Waals surface area contributed by atoms with Crippen LogP contribution in [0.25, 0.3) is 0 Å². The minimum absolute atomic E-state index is 0.429. The summed E-state index contributed by atoms with van der Waals surface area (Å²) in [6.45, 7) is 0. The molecular weight excluding hydrogens is 237 g/mol. The molecular formula is C17H22FN. The van der Waals surface area contributed by atoms with E-state index in [2.05, 4.69) is 23.5 Å². The van der Waals surface area contributed by atoms with E-state index in [1.807, 2.05) is 0 Å². The van der Waals surface area contributed by atoms with E-state index in [1.165, 1.54) is 48.8 Å². The van der Waals surface area contributed by atoms with Gasteiger partial charge in [0, 0.05) is 18.5 Å². The maximum absolute atomic E-state index is 15.1. The van der Waals surface area contributed by atoms with E-state index in [0.717, 1.165) is 0 Å². The van der Waals surface area contributed by atoms with Crippen LogP contribution in [0.15, 0.2) is 18.2 Å². The number of rotatable bonds is 2. The van der Waals surface area contributed by atoms with Gasteiger partial charge in [0.25, 0.3) is 0 Å². The fourth-order valence-electron chi connectivity index (χ4n) is 4.44. The van der Waals surface area contributed by atoms with Crippen molar-refractivity contribution in [3.05, 3.63) is 34.9 Å². The molecule has 2 fully saturated rings. The highest BCUT2D eigenvalue weighted by Crippen LogP contribution is 2.39. The number of alkyl halides is 1. The first kappa shape index (κ1) is 11.9. The molecule has 1 aliphatic carbocycles. The number of nitrogens with one attached hydrogen (secondary N) is 1. The zero-order chi connectivity index (χ0) is 12.9. The van der Waals surface area contributed by atoms with Crippen molar-refractivity contribution < 1.29 is 4.39 Å².